The van der Waals surface area contributed by atoms with Gasteiger partial charge >= 0.3 is 6.09 Å². The molecule has 1 aliphatic rings. The van der Waals surface area contributed by atoms with Crippen LogP contribution in [0.15, 0.2) is 24.3 Å². The van der Waals surface area contributed by atoms with Gasteiger partial charge < -0.3 is 9.64 Å². The number of benzene rings is 1. The van der Waals surface area contributed by atoms with Crippen LogP contribution in [0.4, 0.5) is 10.5 Å². The van der Waals surface area contributed by atoms with Gasteiger partial charge in [-0.15, -0.1) is 0 Å². The van der Waals surface area contributed by atoms with E-state index >= 15 is 0 Å². The molecule has 1 fully saturated rings. The number of carbonyl (C=O) groups is 2. The van der Waals surface area contributed by atoms with Crippen LogP contribution in [0.5, 0.6) is 0 Å². The molecule has 1 aliphatic heterocycles. The zero-order valence-corrected chi connectivity index (χ0v) is 11.0. The molecule has 1 aromatic carbocycles. The predicted molar refractivity (Wildman–Crippen MR) is 72.2 cm³/mol. The third-order valence-electron chi connectivity index (χ3n) is 3.02. The van der Waals surface area contributed by atoms with E-state index in [1.165, 1.54) is 0 Å². The lowest BCUT2D eigenvalue weighted by Gasteiger charge is -2.15. The summed E-state index contributed by atoms with van der Waals surface area (Å²) in [4.78, 5) is 25.4. The van der Waals surface area contributed by atoms with E-state index in [2.05, 4.69) is 5.32 Å². The Hall–Kier alpha value is -2.04. The number of ether oxygens (including phenoxy) is 1. The summed E-state index contributed by atoms with van der Waals surface area (Å²) in [5, 5.41) is 2.60. The molecule has 5 nitrogen and oxygen atoms in total. The highest BCUT2D eigenvalue weighted by molar-refractivity contribution is 5.96. The van der Waals surface area contributed by atoms with Crippen molar-refractivity contribution >= 4 is 17.7 Å². The van der Waals surface area contributed by atoms with Crippen LogP contribution in [0.1, 0.15) is 30.1 Å². The van der Waals surface area contributed by atoms with Crippen LogP contribution in [-0.2, 0) is 4.74 Å². The van der Waals surface area contributed by atoms with Gasteiger partial charge in [0, 0.05) is 24.3 Å². The Morgan fingerprint density at radius 3 is 2.74 bits per heavy atom. The summed E-state index contributed by atoms with van der Waals surface area (Å²) >= 11 is 0. The van der Waals surface area contributed by atoms with Crippen molar-refractivity contribution in [2.24, 2.45) is 0 Å². The van der Waals surface area contributed by atoms with E-state index in [1.54, 1.807) is 31.2 Å². The van der Waals surface area contributed by atoms with Crippen LogP contribution in [0.3, 0.4) is 0 Å². The highest BCUT2D eigenvalue weighted by atomic mass is 16.5. The number of nitrogens with one attached hydrogen (secondary N) is 1. The first-order chi connectivity index (χ1) is 9.20. The Morgan fingerprint density at radius 2 is 2.05 bits per heavy atom. The van der Waals surface area contributed by atoms with Crippen LogP contribution >= 0.6 is 0 Å². The average molecular weight is 262 g/mol. The zero-order valence-electron chi connectivity index (χ0n) is 11.0. The highest BCUT2D eigenvalue weighted by Gasteiger charge is 2.19. The van der Waals surface area contributed by atoms with E-state index in [0.29, 0.717) is 17.9 Å². The Labute approximate surface area is 112 Å². The zero-order chi connectivity index (χ0) is 13.7. The fourth-order valence-electron chi connectivity index (χ4n) is 2.12. The smallest absolute Gasteiger partial charge is 0.411 e. The van der Waals surface area contributed by atoms with Crippen molar-refractivity contribution in [1.82, 2.24) is 4.90 Å². The van der Waals surface area contributed by atoms with Gasteiger partial charge in [0.2, 0.25) is 0 Å². The Morgan fingerprint density at radius 1 is 1.32 bits per heavy atom. The molecular formula is C14H18N2O3. The Kier molecular flexibility index (Phi) is 4.39. The fourth-order valence-corrected chi connectivity index (χ4v) is 2.12. The summed E-state index contributed by atoms with van der Waals surface area (Å²) in [5.74, 6) is 0.0185. The number of hydrogen-bond donors (Lipinski definition) is 1. The molecule has 2 rings (SSSR count). The van der Waals surface area contributed by atoms with Gasteiger partial charge in [-0.1, -0.05) is 6.07 Å². The summed E-state index contributed by atoms with van der Waals surface area (Å²) in [6.07, 6.45) is 1.62. The maximum absolute atomic E-state index is 12.2. The van der Waals surface area contributed by atoms with Gasteiger partial charge in [-0.05, 0) is 38.0 Å². The van der Waals surface area contributed by atoms with Crippen LogP contribution < -0.4 is 5.32 Å². The van der Waals surface area contributed by atoms with Gasteiger partial charge in [-0.3, -0.25) is 10.1 Å². The fraction of sp³-hybridized carbons (Fsp3) is 0.429. The molecular weight excluding hydrogens is 244 g/mol. The highest BCUT2D eigenvalue weighted by Crippen LogP contribution is 2.16. The van der Waals surface area contributed by atoms with E-state index in [4.69, 9.17) is 4.74 Å². The molecule has 1 saturated heterocycles. The molecule has 19 heavy (non-hydrogen) atoms. The van der Waals surface area contributed by atoms with Crippen molar-refractivity contribution in [2.45, 2.75) is 19.8 Å². The van der Waals surface area contributed by atoms with Gasteiger partial charge in [0.1, 0.15) is 0 Å². The Bertz CT molecular complexity index is 468. The lowest BCUT2D eigenvalue weighted by atomic mass is 10.2. The second-order valence-corrected chi connectivity index (χ2v) is 4.43. The summed E-state index contributed by atoms with van der Waals surface area (Å²) in [6.45, 7) is 3.69. The van der Waals surface area contributed by atoms with Gasteiger partial charge in [-0.25, -0.2) is 4.79 Å². The second kappa shape index (κ2) is 6.22. The van der Waals surface area contributed by atoms with E-state index < -0.39 is 6.09 Å². The molecule has 0 aliphatic carbocycles. The molecule has 5 heteroatoms. The van der Waals surface area contributed by atoms with Crippen LogP contribution in [0.2, 0.25) is 0 Å². The van der Waals surface area contributed by atoms with Crippen LogP contribution in [0.25, 0.3) is 0 Å². The maximum atomic E-state index is 12.2. The van der Waals surface area contributed by atoms with Crippen molar-refractivity contribution in [3.05, 3.63) is 29.8 Å². The molecule has 0 atom stereocenters. The SMILES string of the molecule is CCOC(=O)Nc1cccc(C(=O)N2CCCC2)c1. The lowest BCUT2D eigenvalue weighted by molar-refractivity contribution is 0.0792. The molecule has 0 aromatic heterocycles. The van der Waals surface area contributed by atoms with Gasteiger partial charge in [0.15, 0.2) is 0 Å². The van der Waals surface area contributed by atoms with Crippen molar-refractivity contribution in [3.63, 3.8) is 0 Å². The molecule has 0 spiro atoms. The molecule has 2 amide bonds. The first-order valence-corrected chi connectivity index (χ1v) is 6.54. The number of hydrogen-bond acceptors (Lipinski definition) is 3. The van der Waals surface area contributed by atoms with Crippen LogP contribution in [-0.4, -0.2) is 36.6 Å². The molecule has 1 heterocycles. The lowest BCUT2D eigenvalue weighted by Crippen LogP contribution is -2.27. The molecule has 0 radical (unpaired) electrons. The number of amides is 2. The molecule has 102 valence electrons. The minimum atomic E-state index is -0.506. The Balaban J connectivity index is 2.05. The third-order valence-corrected chi connectivity index (χ3v) is 3.02. The molecule has 0 bridgehead atoms. The second-order valence-electron chi connectivity index (χ2n) is 4.43. The van der Waals surface area contributed by atoms with E-state index in [9.17, 15) is 9.59 Å². The number of nitrogens with zero attached hydrogens (tertiary/aromatic N) is 1. The van der Waals surface area contributed by atoms with Gasteiger partial charge in [0.05, 0.1) is 6.61 Å². The van der Waals surface area contributed by atoms with Crippen LogP contribution in [0, 0.1) is 0 Å². The minimum Gasteiger partial charge on any atom is -0.450 e. The van der Waals surface area contributed by atoms with Gasteiger partial charge in [0.25, 0.3) is 5.91 Å². The minimum absolute atomic E-state index is 0.0185. The summed E-state index contributed by atoms with van der Waals surface area (Å²) < 4.78 is 4.80. The summed E-state index contributed by atoms with van der Waals surface area (Å²) in [6, 6.07) is 6.93. The maximum Gasteiger partial charge on any atom is 0.411 e. The van der Waals surface area contributed by atoms with Crippen molar-refractivity contribution < 1.29 is 14.3 Å². The third kappa shape index (κ3) is 3.47. The van der Waals surface area contributed by atoms with E-state index in [-0.39, 0.29) is 5.91 Å². The predicted octanol–water partition coefficient (Wildman–Crippen LogP) is 2.49. The number of likely N-dealkylation sites (tertiary alicyclic amines) is 1. The van der Waals surface area contributed by atoms with E-state index in [1.807, 2.05) is 4.90 Å². The molecule has 1 N–H and O–H groups in total. The number of anilines is 1. The molecule has 0 saturated carbocycles. The largest absolute Gasteiger partial charge is 0.450 e. The standard InChI is InChI=1S/C14H18N2O3/c1-2-19-14(18)15-12-7-5-6-11(10-12)13(17)16-8-3-4-9-16/h5-7,10H,2-4,8-9H2,1H3,(H,15,18). The van der Waals surface area contributed by atoms with Crippen molar-refractivity contribution in [2.75, 3.05) is 25.0 Å². The quantitative estimate of drug-likeness (QED) is 0.910. The first kappa shape index (κ1) is 13.4. The number of carbonyl (C=O) groups excluding carboxylic acids is 2. The van der Waals surface area contributed by atoms with Gasteiger partial charge in [-0.2, -0.15) is 0 Å². The van der Waals surface area contributed by atoms with Crippen molar-refractivity contribution in [3.8, 4) is 0 Å². The molecule has 0 unspecified atom stereocenters. The average Bonchev–Trinajstić information content (AvgIpc) is 2.92. The topological polar surface area (TPSA) is 58.6 Å². The summed E-state index contributed by atoms with van der Waals surface area (Å²) in [7, 11) is 0. The van der Waals surface area contributed by atoms with Crippen molar-refractivity contribution in [1.29, 1.82) is 0 Å². The molecule has 1 aromatic rings. The summed E-state index contributed by atoms with van der Waals surface area (Å²) in [5.41, 5.74) is 1.17. The first-order valence-electron chi connectivity index (χ1n) is 6.54. The van der Waals surface area contributed by atoms with E-state index in [0.717, 1.165) is 25.9 Å². The normalized spacial score (nSPS) is 14.3. The number of rotatable bonds is 3. The monoisotopic (exact) mass is 262 g/mol.